The number of nitrogens with one attached hydrogen (secondary N) is 1. The second-order valence-corrected chi connectivity index (χ2v) is 6.91. The summed E-state index contributed by atoms with van der Waals surface area (Å²) in [4.78, 5) is 12.7. The average molecular weight is 395 g/mol. The Balaban J connectivity index is 1.93. The van der Waals surface area contributed by atoms with Crippen LogP contribution in [0.25, 0.3) is 0 Å². The van der Waals surface area contributed by atoms with Gasteiger partial charge in [-0.1, -0.05) is 41.9 Å². The molecule has 0 spiro atoms. The number of halogens is 2. The van der Waals surface area contributed by atoms with E-state index < -0.39 is 5.60 Å². The van der Waals surface area contributed by atoms with Crippen LogP contribution < -0.4 is 5.32 Å². The third-order valence-corrected chi connectivity index (χ3v) is 5.07. The zero-order valence-electron chi connectivity index (χ0n) is 12.5. The van der Waals surface area contributed by atoms with Crippen molar-refractivity contribution in [2.75, 3.05) is 13.1 Å². The van der Waals surface area contributed by atoms with Crippen molar-refractivity contribution in [2.45, 2.75) is 18.4 Å². The minimum absolute atomic E-state index is 0.356. The molecule has 1 aliphatic heterocycles. The number of hydrogen-bond donors (Lipinski definition) is 1. The zero-order chi connectivity index (χ0) is 16.3. The first-order chi connectivity index (χ1) is 11.1. The van der Waals surface area contributed by atoms with Crippen LogP contribution in [0.15, 0.2) is 53.0 Å². The van der Waals surface area contributed by atoms with Gasteiger partial charge in [-0.15, -0.1) is 0 Å². The molecule has 3 rings (SSSR count). The van der Waals surface area contributed by atoms with Crippen molar-refractivity contribution in [3.63, 3.8) is 0 Å². The molecular weight excluding hydrogens is 378 g/mol. The van der Waals surface area contributed by atoms with Crippen LogP contribution in [0.1, 0.15) is 28.8 Å². The Morgan fingerprint density at radius 2 is 1.83 bits per heavy atom. The largest absolute Gasteiger partial charge is 0.450 e. The molecule has 0 aromatic heterocycles. The number of carbonyl (C=O) groups excluding carboxylic acids is 1. The normalized spacial score (nSPS) is 16.8. The van der Waals surface area contributed by atoms with Gasteiger partial charge in [-0.05, 0) is 52.8 Å². The summed E-state index contributed by atoms with van der Waals surface area (Å²) in [7, 11) is 0. The standard InChI is InChI=1S/C18H17BrClNO2/c19-16-7-6-14(20)12-15(16)17(22)23-18(8-10-21-11-9-18)13-4-2-1-3-5-13/h1-7,12,21H,8-11H2. The number of hydrogen-bond acceptors (Lipinski definition) is 3. The summed E-state index contributed by atoms with van der Waals surface area (Å²) in [6.07, 6.45) is 1.50. The number of rotatable bonds is 3. The van der Waals surface area contributed by atoms with E-state index in [0.717, 1.165) is 31.5 Å². The first kappa shape index (κ1) is 16.5. The fraction of sp³-hybridized carbons (Fsp3) is 0.278. The molecule has 23 heavy (non-hydrogen) atoms. The molecule has 0 radical (unpaired) electrons. The summed E-state index contributed by atoms with van der Waals surface area (Å²) in [5.74, 6) is -0.356. The van der Waals surface area contributed by atoms with Gasteiger partial charge in [-0.2, -0.15) is 0 Å². The van der Waals surface area contributed by atoms with Gasteiger partial charge in [0.15, 0.2) is 0 Å². The fourth-order valence-corrected chi connectivity index (χ4v) is 3.49. The number of carbonyl (C=O) groups is 1. The highest BCUT2D eigenvalue weighted by molar-refractivity contribution is 9.10. The van der Waals surface area contributed by atoms with Crippen molar-refractivity contribution in [2.24, 2.45) is 0 Å². The maximum absolute atomic E-state index is 12.7. The molecule has 1 aliphatic rings. The third kappa shape index (κ3) is 3.60. The number of ether oxygens (including phenoxy) is 1. The number of esters is 1. The van der Waals surface area contributed by atoms with Crippen molar-refractivity contribution >= 4 is 33.5 Å². The second-order valence-electron chi connectivity index (χ2n) is 5.62. The van der Waals surface area contributed by atoms with Gasteiger partial charge < -0.3 is 10.1 Å². The van der Waals surface area contributed by atoms with Gasteiger partial charge in [0.25, 0.3) is 0 Å². The molecule has 1 N–H and O–H groups in total. The Kier molecular flexibility index (Phi) is 5.05. The molecule has 120 valence electrons. The van der Waals surface area contributed by atoms with Crippen LogP contribution in [-0.4, -0.2) is 19.1 Å². The van der Waals surface area contributed by atoms with E-state index in [1.165, 1.54) is 0 Å². The van der Waals surface area contributed by atoms with Crippen LogP contribution in [0.2, 0.25) is 5.02 Å². The quantitative estimate of drug-likeness (QED) is 0.777. The fourth-order valence-electron chi connectivity index (χ4n) is 2.91. The van der Waals surface area contributed by atoms with Crippen LogP contribution in [0.3, 0.4) is 0 Å². The van der Waals surface area contributed by atoms with Crippen molar-refractivity contribution in [3.05, 3.63) is 69.2 Å². The highest BCUT2D eigenvalue weighted by atomic mass is 79.9. The Labute approximate surface area is 149 Å². The lowest BCUT2D eigenvalue weighted by Crippen LogP contribution is -2.43. The summed E-state index contributed by atoms with van der Waals surface area (Å²) in [6, 6.07) is 15.1. The van der Waals surface area contributed by atoms with Gasteiger partial charge >= 0.3 is 5.97 Å². The summed E-state index contributed by atoms with van der Waals surface area (Å²) < 4.78 is 6.70. The topological polar surface area (TPSA) is 38.3 Å². The molecule has 0 bridgehead atoms. The molecule has 2 aromatic carbocycles. The van der Waals surface area contributed by atoms with Crippen molar-refractivity contribution < 1.29 is 9.53 Å². The lowest BCUT2D eigenvalue weighted by Gasteiger charge is -2.37. The lowest BCUT2D eigenvalue weighted by atomic mass is 9.84. The maximum Gasteiger partial charge on any atom is 0.340 e. The molecule has 0 amide bonds. The minimum Gasteiger partial charge on any atom is -0.450 e. The summed E-state index contributed by atoms with van der Waals surface area (Å²) in [5, 5.41) is 3.83. The summed E-state index contributed by atoms with van der Waals surface area (Å²) >= 11 is 9.41. The van der Waals surface area contributed by atoms with Crippen LogP contribution in [0.4, 0.5) is 0 Å². The Hall–Kier alpha value is -1.36. The van der Waals surface area contributed by atoms with E-state index in [1.54, 1.807) is 18.2 Å². The Morgan fingerprint density at radius 1 is 1.13 bits per heavy atom. The molecule has 1 heterocycles. The summed E-state index contributed by atoms with van der Waals surface area (Å²) in [5.41, 5.74) is 0.894. The Morgan fingerprint density at radius 3 is 2.52 bits per heavy atom. The van der Waals surface area contributed by atoms with E-state index in [0.29, 0.717) is 15.1 Å². The van der Waals surface area contributed by atoms with E-state index in [4.69, 9.17) is 16.3 Å². The molecule has 0 atom stereocenters. The molecule has 1 saturated heterocycles. The lowest BCUT2D eigenvalue weighted by molar-refractivity contribution is -0.0379. The van der Waals surface area contributed by atoms with Gasteiger partial charge in [0.2, 0.25) is 0 Å². The van der Waals surface area contributed by atoms with E-state index in [9.17, 15) is 4.79 Å². The Bertz CT molecular complexity index is 699. The molecular formula is C18H17BrClNO2. The van der Waals surface area contributed by atoms with Crippen LogP contribution in [-0.2, 0) is 10.3 Å². The molecule has 3 nitrogen and oxygen atoms in total. The number of benzene rings is 2. The van der Waals surface area contributed by atoms with Gasteiger partial charge in [0.05, 0.1) is 5.56 Å². The molecule has 1 fully saturated rings. The molecule has 0 unspecified atom stereocenters. The highest BCUT2D eigenvalue weighted by Crippen LogP contribution is 2.36. The molecule has 5 heteroatoms. The van der Waals surface area contributed by atoms with E-state index >= 15 is 0 Å². The van der Waals surface area contributed by atoms with Crippen molar-refractivity contribution in [3.8, 4) is 0 Å². The molecule has 2 aromatic rings. The van der Waals surface area contributed by atoms with E-state index in [1.807, 2.05) is 30.3 Å². The predicted octanol–water partition coefficient (Wildman–Crippen LogP) is 4.54. The molecule has 0 aliphatic carbocycles. The van der Waals surface area contributed by atoms with Gasteiger partial charge in [-0.25, -0.2) is 4.79 Å². The van der Waals surface area contributed by atoms with Crippen molar-refractivity contribution in [1.29, 1.82) is 0 Å². The highest BCUT2D eigenvalue weighted by Gasteiger charge is 2.38. The van der Waals surface area contributed by atoms with E-state index in [2.05, 4.69) is 21.2 Å². The van der Waals surface area contributed by atoms with E-state index in [-0.39, 0.29) is 5.97 Å². The minimum atomic E-state index is -0.592. The predicted molar refractivity (Wildman–Crippen MR) is 94.8 cm³/mol. The average Bonchev–Trinajstić information content (AvgIpc) is 2.58. The van der Waals surface area contributed by atoms with Gasteiger partial charge in [-0.3, -0.25) is 0 Å². The first-order valence-electron chi connectivity index (χ1n) is 7.55. The number of piperidine rings is 1. The van der Waals surface area contributed by atoms with Crippen LogP contribution >= 0.6 is 27.5 Å². The smallest absolute Gasteiger partial charge is 0.340 e. The van der Waals surface area contributed by atoms with Crippen LogP contribution in [0, 0.1) is 0 Å². The second kappa shape index (κ2) is 7.04. The SMILES string of the molecule is O=C(OC1(c2ccccc2)CCNCC1)c1cc(Cl)ccc1Br. The van der Waals surface area contributed by atoms with Crippen molar-refractivity contribution in [1.82, 2.24) is 5.32 Å². The maximum atomic E-state index is 12.7. The summed E-state index contributed by atoms with van der Waals surface area (Å²) in [6.45, 7) is 1.64. The van der Waals surface area contributed by atoms with Crippen LogP contribution in [0.5, 0.6) is 0 Å². The monoisotopic (exact) mass is 393 g/mol. The first-order valence-corrected chi connectivity index (χ1v) is 8.72. The third-order valence-electron chi connectivity index (χ3n) is 4.15. The van der Waals surface area contributed by atoms with Gasteiger partial charge in [0, 0.05) is 22.3 Å². The zero-order valence-corrected chi connectivity index (χ0v) is 14.9. The van der Waals surface area contributed by atoms with Gasteiger partial charge in [0.1, 0.15) is 5.60 Å². The molecule has 0 saturated carbocycles.